The average Bonchev–Trinajstić information content (AvgIpc) is 3.49. The SMILES string of the molecule is CCn1cc(S(=O)(=O)NC2CCC(NC(=O)O[C@@H]3CCN(c4cnn(C)c(=O)c4Cl)C3)CC2)cn1. The summed E-state index contributed by atoms with van der Waals surface area (Å²) in [6.45, 7) is 3.50. The van der Waals surface area contributed by atoms with Gasteiger partial charge in [0.1, 0.15) is 16.0 Å². The van der Waals surface area contributed by atoms with E-state index in [1.165, 1.54) is 30.3 Å². The van der Waals surface area contributed by atoms with Gasteiger partial charge in [-0.1, -0.05) is 11.6 Å². The van der Waals surface area contributed by atoms with Gasteiger partial charge in [-0.2, -0.15) is 10.2 Å². The zero-order chi connectivity index (χ0) is 25.2. The van der Waals surface area contributed by atoms with Crippen LogP contribution in [0.15, 0.2) is 28.3 Å². The Labute approximate surface area is 208 Å². The molecule has 0 radical (unpaired) electrons. The quantitative estimate of drug-likeness (QED) is 0.548. The van der Waals surface area contributed by atoms with Crippen LogP contribution in [0.3, 0.4) is 0 Å². The molecule has 35 heavy (non-hydrogen) atoms. The molecule has 192 valence electrons. The van der Waals surface area contributed by atoms with Crippen LogP contribution in [-0.4, -0.2) is 65.3 Å². The predicted molar refractivity (Wildman–Crippen MR) is 129 cm³/mol. The molecule has 1 aliphatic carbocycles. The minimum atomic E-state index is -3.63. The van der Waals surface area contributed by atoms with Gasteiger partial charge in [0.25, 0.3) is 5.56 Å². The lowest BCUT2D eigenvalue weighted by atomic mass is 9.92. The lowest BCUT2D eigenvalue weighted by Gasteiger charge is -2.29. The van der Waals surface area contributed by atoms with Crippen LogP contribution in [0, 0.1) is 0 Å². The molecule has 3 heterocycles. The minimum Gasteiger partial charge on any atom is -0.444 e. The van der Waals surface area contributed by atoms with E-state index >= 15 is 0 Å². The van der Waals surface area contributed by atoms with Crippen molar-refractivity contribution in [2.75, 3.05) is 18.0 Å². The van der Waals surface area contributed by atoms with Gasteiger partial charge in [-0.3, -0.25) is 9.48 Å². The van der Waals surface area contributed by atoms with Crippen LogP contribution in [-0.2, 0) is 28.4 Å². The molecule has 2 N–H and O–H groups in total. The number of carbonyl (C=O) groups is 1. The predicted octanol–water partition coefficient (Wildman–Crippen LogP) is 1.24. The van der Waals surface area contributed by atoms with Gasteiger partial charge in [-0.25, -0.2) is 22.6 Å². The normalized spacial score (nSPS) is 22.8. The summed E-state index contributed by atoms with van der Waals surface area (Å²) in [5.74, 6) is 0. The van der Waals surface area contributed by atoms with Crippen molar-refractivity contribution in [3.05, 3.63) is 34.0 Å². The van der Waals surface area contributed by atoms with E-state index in [9.17, 15) is 18.0 Å². The lowest BCUT2D eigenvalue weighted by molar-refractivity contribution is 0.102. The molecule has 12 nitrogen and oxygen atoms in total. The van der Waals surface area contributed by atoms with Gasteiger partial charge >= 0.3 is 6.09 Å². The van der Waals surface area contributed by atoms with Crippen LogP contribution < -0.4 is 20.5 Å². The highest BCUT2D eigenvalue weighted by molar-refractivity contribution is 7.89. The number of aromatic nitrogens is 4. The van der Waals surface area contributed by atoms with Crippen LogP contribution in [0.5, 0.6) is 0 Å². The Balaban J connectivity index is 1.22. The van der Waals surface area contributed by atoms with Gasteiger partial charge in [0.15, 0.2) is 0 Å². The van der Waals surface area contributed by atoms with E-state index in [2.05, 4.69) is 20.2 Å². The number of hydrogen-bond acceptors (Lipinski definition) is 8. The molecule has 0 bridgehead atoms. The maximum absolute atomic E-state index is 12.6. The third-order valence-corrected chi connectivity index (χ3v) is 8.26. The third-order valence-electron chi connectivity index (χ3n) is 6.43. The summed E-state index contributed by atoms with van der Waals surface area (Å²) in [5.41, 5.74) is 0.157. The molecule has 2 aromatic rings. The number of nitrogens with zero attached hydrogens (tertiary/aromatic N) is 5. The van der Waals surface area contributed by atoms with Crippen LogP contribution in [0.4, 0.5) is 10.5 Å². The monoisotopic (exact) mass is 527 g/mol. The Hall–Kier alpha value is -2.64. The highest BCUT2D eigenvalue weighted by atomic mass is 35.5. The summed E-state index contributed by atoms with van der Waals surface area (Å²) in [6, 6.07) is -0.279. The molecule has 1 saturated carbocycles. The van der Waals surface area contributed by atoms with Crippen LogP contribution >= 0.6 is 11.6 Å². The van der Waals surface area contributed by atoms with E-state index in [0.29, 0.717) is 57.4 Å². The van der Waals surface area contributed by atoms with Crippen molar-refractivity contribution in [2.24, 2.45) is 7.05 Å². The number of aryl methyl sites for hydroxylation is 2. The summed E-state index contributed by atoms with van der Waals surface area (Å²) in [5, 5.41) is 11.0. The number of rotatable bonds is 7. The second-order valence-electron chi connectivity index (χ2n) is 8.88. The fourth-order valence-corrected chi connectivity index (χ4v) is 5.96. The molecule has 2 fully saturated rings. The van der Waals surface area contributed by atoms with E-state index in [-0.39, 0.29) is 33.7 Å². The van der Waals surface area contributed by atoms with Gasteiger partial charge in [-0.05, 0) is 32.6 Å². The molecule has 1 saturated heterocycles. The van der Waals surface area contributed by atoms with Crippen molar-refractivity contribution in [3.63, 3.8) is 0 Å². The second kappa shape index (κ2) is 10.5. The molecule has 14 heteroatoms. The van der Waals surface area contributed by atoms with Crippen LogP contribution in [0.1, 0.15) is 39.0 Å². The van der Waals surface area contributed by atoms with E-state index in [1.54, 1.807) is 4.68 Å². The Morgan fingerprint density at radius 1 is 1.17 bits per heavy atom. The highest BCUT2D eigenvalue weighted by Gasteiger charge is 2.30. The number of hydrogen-bond donors (Lipinski definition) is 2. The molecular formula is C21H30ClN7O5S. The molecule has 0 unspecified atom stereocenters. The zero-order valence-electron chi connectivity index (χ0n) is 19.7. The number of amides is 1. The Morgan fingerprint density at radius 3 is 2.57 bits per heavy atom. The summed E-state index contributed by atoms with van der Waals surface area (Å²) < 4.78 is 36.2. The Kier molecular flexibility index (Phi) is 7.67. The molecule has 1 aliphatic heterocycles. The largest absolute Gasteiger partial charge is 0.444 e. The first kappa shape index (κ1) is 25.5. The van der Waals surface area contributed by atoms with Crippen molar-refractivity contribution in [3.8, 4) is 0 Å². The average molecular weight is 528 g/mol. The van der Waals surface area contributed by atoms with Gasteiger partial charge < -0.3 is 15.0 Å². The lowest BCUT2D eigenvalue weighted by Crippen LogP contribution is -2.44. The fourth-order valence-electron chi connectivity index (χ4n) is 4.42. The number of carbonyl (C=O) groups excluding carboxylic acids is 1. The smallest absolute Gasteiger partial charge is 0.407 e. The van der Waals surface area contributed by atoms with Gasteiger partial charge in [0.2, 0.25) is 10.0 Å². The minimum absolute atomic E-state index is 0.0839. The molecule has 1 atom stereocenters. The van der Waals surface area contributed by atoms with Gasteiger partial charge in [-0.15, -0.1) is 0 Å². The first-order valence-corrected chi connectivity index (χ1v) is 13.5. The number of alkyl carbamates (subject to hydrolysis) is 1. The summed E-state index contributed by atoms with van der Waals surface area (Å²) >= 11 is 6.17. The molecule has 0 spiro atoms. The third kappa shape index (κ3) is 5.96. The summed E-state index contributed by atoms with van der Waals surface area (Å²) in [7, 11) is -2.10. The van der Waals surface area contributed by atoms with Crippen molar-refractivity contribution in [2.45, 2.75) is 68.7 Å². The van der Waals surface area contributed by atoms with Crippen molar-refractivity contribution >= 4 is 33.4 Å². The van der Waals surface area contributed by atoms with E-state index in [0.717, 1.165) is 0 Å². The number of halogens is 1. The van der Waals surface area contributed by atoms with Crippen molar-refractivity contribution in [1.29, 1.82) is 0 Å². The summed E-state index contributed by atoms with van der Waals surface area (Å²) in [6.07, 6.45) is 6.68. The maximum Gasteiger partial charge on any atom is 0.407 e. The molecule has 0 aromatic carbocycles. The molecule has 2 aliphatic rings. The van der Waals surface area contributed by atoms with E-state index < -0.39 is 16.1 Å². The van der Waals surface area contributed by atoms with E-state index in [4.69, 9.17) is 16.3 Å². The number of nitrogens with one attached hydrogen (secondary N) is 2. The van der Waals surface area contributed by atoms with Crippen LogP contribution in [0.2, 0.25) is 5.02 Å². The molecule has 2 aromatic heterocycles. The first-order chi connectivity index (χ1) is 16.7. The van der Waals surface area contributed by atoms with E-state index in [1.807, 2.05) is 11.8 Å². The maximum atomic E-state index is 12.6. The fraction of sp³-hybridized carbons (Fsp3) is 0.619. The number of sulfonamides is 1. The van der Waals surface area contributed by atoms with Gasteiger partial charge in [0, 0.05) is 44.8 Å². The number of ether oxygens (including phenoxy) is 1. The zero-order valence-corrected chi connectivity index (χ0v) is 21.3. The first-order valence-electron chi connectivity index (χ1n) is 11.6. The standard InChI is InChI=1S/C21H30ClN7O5S/c1-3-29-13-17(10-24-29)35(32,33)26-15-6-4-14(5-7-15)25-21(31)34-16-8-9-28(12-16)18-11-23-27(2)20(30)19(18)22/h10-11,13-16,26H,3-9,12H2,1-2H3,(H,25,31)/t14?,15?,16-/m1/s1. The Bertz CT molecular complexity index is 1220. The van der Waals surface area contributed by atoms with Crippen molar-refractivity contribution in [1.82, 2.24) is 29.6 Å². The Morgan fingerprint density at radius 2 is 1.89 bits per heavy atom. The molecule has 1 amide bonds. The van der Waals surface area contributed by atoms with Crippen molar-refractivity contribution < 1.29 is 17.9 Å². The summed E-state index contributed by atoms with van der Waals surface area (Å²) in [4.78, 5) is 26.5. The van der Waals surface area contributed by atoms with Gasteiger partial charge in [0.05, 0.1) is 24.6 Å². The second-order valence-corrected chi connectivity index (χ2v) is 11.0. The molecular weight excluding hydrogens is 498 g/mol. The van der Waals surface area contributed by atoms with Crippen LogP contribution in [0.25, 0.3) is 0 Å². The molecule has 4 rings (SSSR count). The number of anilines is 1. The highest BCUT2D eigenvalue weighted by Crippen LogP contribution is 2.26. The topological polar surface area (TPSA) is 140 Å².